The first kappa shape index (κ1) is 20.0. The Bertz CT molecular complexity index is 684. The lowest BCUT2D eigenvalue weighted by Gasteiger charge is -2.45. The second-order valence-electron chi connectivity index (χ2n) is 10.2. The van der Waals surface area contributed by atoms with E-state index in [0.29, 0.717) is 0 Å². The van der Waals surface area contributed by atoms with E-state index in [-0.39, 0.29) is 0 Å². The number of hydrogen-bond donors (Lipinski definition) is 0. The molecule has 0 bridgehead atoms. The number of benzene rings is 1. The first-order valence-electron chi connectivity index (χ1n) is 12.3. The summed E-state index contributed by atoms with van der Waals surface area (Å²) in [5, 5.41) is 9.15. The fourth-order valence-electron chi connectivity index (χ4n) is 6.83. The minimum absolute atomic E-state index is 0.837. The van der Waals surface area contributed by atoms with Crippen molar-refractivity contribution in [3.63, 3.8) is 0 Å². The lowest BCUT2D eigenvalue weighted by Crippen LogP contribution is -2.35. The molecule has 5 atom stereocenters. The highest BCUT2D eigenvalue weighted by Crippen LogP contribution is 2.49. The van der Waals surface area contributed by atoms with Crippen molar-refractivity contribution in [1.29, 1.82) is 5.26 Å². The summed E-state index contributed by atoms with van der Waals surface area (Å²) in [4.78, 5) is 0. The van der Waals surface area contributed by atoms with Crippen molar-refractivity contribution < 1.29 is 0 Å². The van der Waals surface area contributed by atoms with Crippen LogP contribution in [0.5, 0.6) is 0 Å². The summed E-state index contributed by atoms with van der Waals surface area (Å²) in [7, 11) is 0. The zero-order chi connectivity index (χ0) is 19.3. The Hall–Kier alpha value is -1.29. The monoisotopic (exact) mass is 377 g/mol. The van der Waals surface area contributed by atoms with Crippen molar-refractivity contribution in [2.24, 2.45) is 29.6 Å². The molecule has 2 saturated carbocycles. The van der Waals surface area contributed by atoms with Gasteiger partial charge in [-0.2, -0.15) is 5.26 Å². The number of hydrogen-bond acceptors (Lipinski definition) is 1. The molecule has 0 aromatic heterocycles. The largest absolute Gasteiger partial charge is 0.192 e. The van der Waals surface area contributed by atoms with E-state index in [1.165, 1.54) is 94.6 Å². The van der Waals surface area contributed by atoms with Crippen molar-refractivity contribution in [2.75, 3.05) is 0 Å². The van der Waals surface area contributed by atoms with Gasteiger partial charge < -0.3 is 0 Å². The van der Waals surface area contributed by atoms with Crippen LogP contribution in [0.2, 0.25) is 0 Å². The number of unbranched alkanes of at least 4 members (excludes halogenated alkanes) is 3. The van der Waals surface area contributed by atoms with Crippen LogP contribution in [0.25, 0.3) is 0 Å². The van der Waals surface area contributed by atoms with Crippen LogP contribution >= 0.6 is 0 Å². The molecule has 5 unspecified atom stereocenters. The molecule has 2 fully saturated rings. The van der Waals surface area contributed by atoms with Gasteiger partial charge in [-0.1, -0.05) is 51.5 Å². The third kappa shape index (κ3) is 4.64. The molecular formula is C27H39N. The first-order chi connectivity index (χ1) is 13.8. The summed E-state index contributed by atoms with van der Waals surface area (Å²) in [5.74, 6) is 4.99. The molecule has 28 heavy (non-hydrogen) atoms. The van der Waals surface area contributed by atoms with Crippen LogP contribution in [0.3, 0.4) is 0 Å². The summed E-state index contributed by atoms with van der Waals surface area (Å²) in [6, 6.07) is 8.72. The second-order valence-corrected chi connectivity index (χ2v) is 10.2. The number of aryl methyl sites for hydroxylation is 1. The molecule has 152 valence electrons. The average Bonchev–Trinajstić information content (AvgIpc) is 2.75. The smallest absolute Gasteiger partial charge is 0.0991 e. The lowest BCUT2D eigenvalue weighted by atomic mass is 9.61. The van der Waals surface area contributed by atoms with Crippen LogP contribution in [-0.2, 0) is 12.8 Å². The standard InChI is InChI=1S/C27H39N/c1-2-3-4-5-6-20-7-9-24-17-26(13-11-22(24)15-20)27-14-12-23-16-21(19-28)8-10-25(23)18-27/h8,10,16,20,22,24,26-27H,2-7,9,11-15,17-18H2,1H3. The van der Waals surface area contributed by atoms with Crippen LogP contribution < -0.4 is 0 Å². The van der Waals surface area contributed by atoms with Crippen LogP contribution in [0.15, 0.2) is 18.2 Å². The van der Waals surface area contributed by atoms with Gasteiger partial charge in [0.15, 0.2) is 0 Å². The highest BCUT2D eigenvalue weighted by Gasteiger charge is 2.38. The highest BCUT2D eigenvalue weighted by atomic mass is 14.4. The quantitative estimate of drug-likeness (QED) is 0.472. The minimum atomic E-state index is 0.837. The molecule has 4 rings (SSSR count). The number of nitrogens with zero attached hydrogens (tertiary/aromatic N) is 1. The molecule has 3 aliphatic carbocycles. The molecule has 0 amide bonds. The van der Waals surface area contributed by atoms with Gasteiger partial charge in [0.1, 0.15) is 0 Å². The Morgan fingerprint density at radius 1 is 0.857 bits per heavy atom. The van der Waals surface area contributed by atoms with E-state index >= 15 is 0 Å². The van der Waals surface area contributed by atoms with Gasteiger partial charge in [-0.25, -0.2) is 0 Å². The third-order valence-corrected chi connectivity index (χ3v) is 8.50. The summed E-state index contributed by atoms with van der Waals surface area (Å²) in [6.07, 6.45) is 20.2. The van der Waals surface area contributed by atoms with Crippen molar-refractivity contribution in [3.05, 3.63) is 34.9 Å². The molecule has 1 aromatic rings. The molecule has 0 aliphatic heterocycles. The topological polar surface area (TPSA) is 23.8 Å². The fourth-order valence-corrected chi connectivity index (χ4v) is 6.83. The van der Waals surface area contributed by atoms with Crippen LogP contribution in [0.4, 0.5) is 0 Å². The van der Waals surface area contributed by atoms with Gasteiger partial charge in [-0.3, -0.25) is 0 Å². The summed E-state index contributed by atoms with van der Waals surface area (Å²) >= 11 is 0. The fraction of sp³-hybridized carbons (Fsp3) is 0.741. The van der Waals surface area contributed by atoms with Crippen molar-refractivity contribution >= 4 is 0 Å². The van der Waals surface area contributed by atoms with E-state index in [1.807, 2.05) is 6.07 Å². The van der Waals surface area contributed by atoms with Crippen LogP contribution in [0, 0.1) is 40.9 Å². The van der Waals surface area contributed by atoms with Crippen molar-refractivity contribution in [1.82, 2.24) is 0 Å². The van der Waals surface area contributed by atoms with E-state index < -0.39 is 0 Å². The molecule has 3 aliphatic rings. The molecule has 0 radical (unpaired) electrons. The Labute approximate surface area is 172 Å². The van der Waals surface area contributed by atoms with Gasteiger partial charge in [0.25, 0.3) is 0 Å². The maximum Gasteiger partial charge on any atom is 0.0991 e. The summed E-state index contributed by atoms with van der Waals surface area (Å²) < 4.78 is 0. The molecule has 1 aromatic carbocycles. The Morgan fingerprint density at radius 2 is 1.64 bits per heavy atom. The molecule has 0 spiro atoms. The van der Waals surface area contributed by atoms with Gasteiger partial charge >= 0.3 is 0 Å². The molecule has 1 nitrogen and oxygen atoms in total. The summed E-state index contributed by atoms with van der Waals surface area (Å²) in [6.45, 7) is 2.32. The van der Waals surface area contributed by atoms with Crippen molar-refractivity contribution in [3.8, 4) is 6.07 Å². The Kier molecular flexibility index (Phi) is 6.77. The zero-order valence-corrected chi connectivity index (χ0v) is 18.0. The Balaban J connectivity index is 1.28. The SMILES string of the molecule is CCCCCCC1CCC2CC(C3CCc4cc(C#N)ccc4C3)CCC2C1. The van der Waals surface area contributed by atoms with E-state index in [4.69, 9.17) is 5.26 Å². The van der Waals surface area contributed by atoms with E-state index in [1.54, 1.807) is 6.42 Å². The van der Waals surface area contributed by atoms with Crippen LogP contribution in [-0.4, -0.2) is 0 Å². The van der Waals surface area contributed by atoms with Crippen LogP contribution in [0.1, 0.15) is 101 Å². The van der Waals surface area contributed by atoms with E-state index in [0.717, 1.165) is 35.2 Å². The molecule has 0 N–H and O–H groups in total. The normalized spacial score (nSPS) is 32.2. The molecule has 0 heterocycles. The Morgan fingerprint density at radius 3 is 2.46 bits per heavy atom. The van der Waals surface area contributed by atoms with Crippen molar-refractivity contribution in [2.45, 2.75) is 96.8 Å². The van der Waals surface area contributed by atoms with Gasteiger partial charge in [0, 0.05) is 0 Å². The van der Waals surface area contributed by atoms with Gasteiger partial charge in [-0.15, -0.1) is 0 Å². The van der Waals surface area contributed by atoms with Gasteiger partial charge in [0.2, 0.25) is 0 Å². The number of fused-ring (bicyclic) bond motifs is 2. The van der Waals surface area contributed by atoms with Gasteiger partial charge in [0.05, 0.1) is 11.6 Å². The lowest BCUT2D eigenvalue weighted by molar-refractivity contribution is 0.0690. The first-order valence-corrected chi connectivity index (χ1v) is 12.3. The second kappa shape index (κ2) is 9.47. The highest BCUT2D eigenvalue weighted by molar-refractivity contribution is 5.39. The molecule has 1 heteroatoms. The third-order valence-electron chi connectivity index (χ3n) is 8.50. The van der Waals surface area contributed by atoms with E-state index in [2.05, 4.69) is 25.1 Å². The zero-order valence-electron chi connectivity index (χ0n) is 18.0. The van der Waals surface area contributed by atoms with Gasteiger partial charge in [-0.05, 0) is 104 Å². The molecular weight excluding hydrogens is 338 g/mol. The molecule has 0 saturated heterocycles. The number of nitriles is 1. The predicted molar refractivity (Wildman–Crippen MR) is 117 cm³/mol. The summed E-state index contributed by atoms with van der Waals surface area (Å²) in [5.41, 5.74) is 3.82. The predicted octanol–water partition coefficient (Wildman–Crippen LogP) is 7.47. The maximum atomic E-state index is 9.15. The average molecular weight is 378 g/mol. The maximum absolute atomic E-state index is 9.15. The van der Waals surface area contributed by atoms with E-state index in [9.17, 15) is 0 Å². The number of rotatable bonds is 6. The minimum Gasteiger partial charge on any atom is -0.192 e.